The molecule has 0 fully saturated rings. The normalized spacial score (nSPS) is 24.4. The lowest BCUT2D eigenvalue weighted by molar-refractivity contribution is 0.123. The fourth-order valence-corrected chi connectivity index (χ4v) is 1.16. The minimum Gasteiger partial charge on any atom is -0.477 e. The second kappa shape index (κ2) is 3.65. The van der Waals surface area contributed by atoms with Crippen molar-refractivity contribution in [2.75, 3.05) is 6.54 Å². The summed E-state index contributed by atoms with van der Waals surface area (Å²) in [5, 5.41) is 3.22. The van der Waals surface area contributed by atoms with E-state index in [0.717, 1.165) is 12.4 Å². The van der Waals surface area contributed by atoms with Gasteiger partial charge in [-0.3, -0.25) is 0 Å². The Kier molecular flexibility index (Phi) is 2.80. The van der Waals surface area contributed by atoms with Gasteiger partial charge < -0.3 is 10.1 Å². The summed E-state index contributed by atoms with van der Waals surface area (Å²) in [6, 6.07) is 0. The van der Waals surface area contributed by atoms with E-state index < -0.39 is 0 Å². The van der Waals surface area contributed by atoms with Gasteiger partial charge in [0.25, 0.3) is 0 Å². The number of nitrogens with one attached hydrogen (secondary N) is 1. The van der Waals surface area contributed by atoms with E-state index in [9.17, 15) is 0 Å². The summed E-state index contributed by atoms with van der Waals surface area (Å²) in [5.41, 5.74) is 0. The van der Waals surface area contributed by atoms with Crippen LogP contribution in [0.25, 0.3) is 0 Å². The predicted molar refractivity (Wildman–Crippen MR) is 46.1 cm³/mol. The van der Waals surface area contributed by atoms with E-state index >= 15 is 0 Å². The molecular formula is C9H17NO. The van der Waals surface area contributed by atoms with Crippen LogP contribution in [0.15, 0.2) is 12.0 Å². The van der Waals surface area contributed by atoms with Gasteiger partial charge in [0, 0.05) is 6.54 Å². The Morgan fingerprint density at radius 1 is 1.64 bits per heavy atom. The van der Waals surface area contributed by atoms with Gasteiger partial charge in [-0.1, -0.05) is 6.92 Å². The molecule has 0 saturated carbocycles. The van der Waals surface area contributed by atoms with Crippen LogP contribution in [0.4, 0.5) is 0 Å². The first-order chi connectivity index (χ1) is 5.18. The first-order valence-corrected chi connectivity index (χ1v) is 4.31. The van der Waals surface area contributed by atoms with Crippen LogP contribution in [0.3, 0.4) is 0 Å². The Morgan fingerprint density at radius 3 is 2.91 bits per heavy atom. The van der Waals surface area contributed by atoms with Crippen LogP contribution >= 0.6 is 0 Å². The predicted octanol–water partition coefficient (Wildman–Crippen LogP) is 1.88. The molecule has 0 bridgehead atoms. The highest BCUT2D eigenvalue weighted by Gasteiger charge is 2.09. The Labute approximate surface area is 68.6 Å². The average Bonchev–Trinajstić information content (AvgIpc) is 1.85. The fourth-order valence-electron chi connectivity index (χ4n) is 1.16. The number of hydrogen-bond donors (Lipinski definition) is 1. The molecule has 1 heterocycles. The van der Waals surface area contributed by atoms with E-state index in [1.54, 1.807) is 0 Å². The van der Waals surface area contributed by atoms with Gasteiger partial charge in [0.05, 0.1) is 6.10 Å². The molecule has 64 valence electrons. The standard InChI is InChI=1S/C9H17NO/c1-7(2)11-9-6-8(3)4-5-10-9/h6-8,10H,4-5H2,1-3H3/t8-/m0/s1. The van der Waals surface area contributed by atoms with E-state index in [1.165, 1.54) is 6.42 Å². The molecule has 0 saturated heterocycles. The zero-order valence-corrected chi connectivity index (χ0v) is 7.55. The molecule has 0 radical (unpaired) electrons. The summed E-state index contributed by atoms with van der Waals surface area (Å²) in [6.45, 7) is 7.34. The Bertz CT molecular complexity index is 152. The molecule has 0 aromatic carbocycles. The largest absolute Gasteiger partial charge is 0.477 e. The number of hydrogen-bond acceptors (Lipinski definition) is 2. The van der Waals surface area contributed by atoms with Crippen molar-refractivity contribution in [1.82, 2.24) is 5.32 Å². The molecule has 0 amide bonds. The fraction of sp³-hybridized carbons (Fsp3) is 0.778. The van der Waals surface area contributed by atoms with Crippen molar-refractivity contribution < 1.29 is 4.74 Å². The lowest BCUT2D eigenvalue weighted by atomic mass is 10.1. The smallest absolute Gasteiger partial charge is 0.183 e. The zero-order valence-electron chi connectivity index (χ0n) is 7.55. The van der Waals surface area contributed by atoms with Crippen LogP contribution in [0.5, 0.6) is 0 Å². The molecule has 1 atom stereocenters. The Morgan fingerprint density at radius 2 is 2.36 bits per heavy atom. The van der Waals surface area contributed by atoms with Crippen molar-refractivity contribution in [3.05, 3.63) is 12.0 Å². The summed E-state index contributed by atoms with van der Waals surface area (Å²) in [7, 11) is 0. The SMILES string of the molecule is CC(C)OC1=C[C@@H](C)CCN1. The molecule has 11 heavy (non-hydrogen) atoms. The summed E-state index contributed by atoms with van der Waals surface area (Å²) in [6.07, 6.45) is 3.65. The Hall–Kier alpha value is -0.660. The highest BCUT2D eigenvalue weighted by Crippen LogP contribution is 2.12. The minimum absolute atomic E-state index is 0.277. The third-order valence-corrected chi connectivity index (χ3v) is 1.70. The maximum atomic E-state index is 5.51. The van der Waals surface area contributed by atoms with E-state index in [0.29, 0.717) is 5.92 Å². The van der Waals surface area contributed by atoms with E-state index in [-0.39, 0.29) is 6.10 Å². The molecule has 0 aromatic rings. The number of ether oxygens (including phenoxy) is 1. The monoisotopic (exact) mass is 155 g/mol. The first kappa shape index (κ1) is 8.44. The number of allylic oxidation sites excluding steroid dienone is 1. The summed E-state index contributed by atoms with van der Waals surface area (Å²) in [5.74, 6) is 1.61. The average molecular weight is 155 g/mol. The van der Waals surface area contributed by atoms with E-state index in [2.05, 4.69) is 18.3 Å². The van der Waals surface area contributed by atoms with E-state index in [1.807, 2.05) is 13.8 Å². The van der Waals surface area contributed by atoms with Crippen LogP contribution in [-0.2, 0) is 4.74 Å². The molecule has 1 rings (SSSR count). The Balaban J connectivity index is 2.43. The quantitative estimate of drug-likeness (QED) is 0.657. The van der Waals surface area contributed by atoms with E-state index in [4.69, 9.17) is 4.74 Å². The second-order valence-corrected chi connectivity index (χ2v) is 3.39. The lowest BCUT2D eigenvalue weighted by Gasteiger charge is -2.21. The molecular weight excluding hydrogens is 138 g/mol. The van der Waals surface area contributed by atoms with Gasteiger partial charge in [-0.15, -0.1) is 0 Å². The summed E-state index contributed by atoms with van der Waals surface area (Å²) < 4.78 is 5.51. The third-order valence-electron chi connectivity index (χ3n) is 1.70. The molecule has 2 nitrogen and oxygen atoms in total. The topological polar surface area (TPSA) is 21.3 Å². The third kappa shape index (κ3) is 2.83. The first-order valence-electron chi connectivity index (χ1n) is 4.31. The van der Waals surface area contributed by atoms with Gasteiger partial charge in [0.2, 0.25) is 0 Å². The summed E-state index contributed by atoms with van der Waals surface area (Å²) >= 11 is 0. The number of rotatable bonds is 2. The molecule has 0 unspecified atom stereocenters. The minimum atomic E-state index is 0.277. The maximum Gasteiger partial charge on any atom is 0.183 e. The van der Waals surface area contributed by atoms with Crippen LogP contribution in [0.2, 0.25) is 0 Å². The molecule has 0 spiro atoms. The van der Waals surface area contributed by atoms with Crippen molar-refractivity contribution in [3.63, 3.8) is 0 Å². The molecule has 2 heteroatoms. The lowest BCUT2D eigenvalue weighted by Crippen LogP contribution is -2.25. The van der Waals surface area contributed by atoms with Gasteiger partial charge in [-0.25, -0.2) is 0 Å². The van der Waals surface area contributed by atoms with Crippen LogP contribution in [-0.4, -0.2) is 12.6 Å². The zero-order chi connectivity index (χ0) is 8.27. The molecule has 0 aromatic heterocycles. The maximum absolute atomic E-state index is 5.51. The van der Waals surface area contributed by atoms with Gasteiger partial charge in [-0.2, -0.15) is 0 Å². The van der Waals surface area contributed by atoms with Crippen molar-refractivity contribution in [2.24, 2.45) is 5.92 Å². The van der Waals surface area contributed by atoms with Crippen molar-refractivity contribution >= 4 is 0 Å². The molecule has 1 N–H and O–H groups in total. The van der Waals surface area contributed by atoms with Crippen molar-refractivity contribution in [1.29, 1.82) is 0 Å². The van der Waals surface area contributed by atoms with Crippen molar-refractivity contribution in [3.8, 4) is 0 Å². The van der Waals surface area contributed by atoms with Gasteiger partial charge in [0.15, 0.2) is 5.88 Å². The highest BCUT2D eigenvalue weighted by atomic mass is 16.5. The second-order valence-electron chi connectivity index (χ2n) is 3.39. The van der Waals surface area contributed by atoms with Gasteiger partial charge >= 0.3 is 0 Å². The molecule has 0 aliphatic carbocycles. The van der Waals surface area contributed by atoms with Gasteiger partial charge in [-0.05, 0) is 32.3 Å². The molecule has 1 aliphatic rings. The highest BCUT2D eigenvalue weighted by molar-refractivity contribution is 4.98. The summed E-state index contributed by atoms with van der Waals surface area (Å²) in [4.78, 5) is 0. The van der Waals surface area contributed by atoms with Crippen LogP contribution in [0.1, 0.15) is 27.2 Å². The van der Waals surface area contributed by atoms with Crippen LogP contribution < -0.4 is 5.32 Å². The molecule has 1 aliphatic heterocycles. The van der Waals surface area contributed by atoms with Crippen molar-refractivity contribution in [2.45, 2.75) is 33.3 Å². The van der Waals surface area contributed by atoms with Crippen LogP contribution in [0, 0.1) is 5.92 Å². The van der Waals surface area contributed by atoms with Gasteiger partial charge in [0.1, 0.15) is 0 Å².